The van der Waals surface area contributed by atoms with Crippen LogP contribution in [0.15, 0.2) is 12.3 Å². The first-order valence-electron chi connectivity index (χ1n) is 7.53. The molecule has 2 aliphatic rings. The molecule has 0 radical (unpaired) electrons. The van der Waals surface area contributed by atoms with Gasteiger partial charge in [0, 0.05) is 32.2 Å². The van der Waals surface area contributed by atoms with Crippen LogP contribution in [0.3, 0.4) is 0 Å². The van der Waals surface area contributed by atoms with E-state index in [0.29, 0.717) is 11.9 Å². The average molecular weight is 293 g/mol. The highest BCUT2D eigenvalue weighted by molar-refractivity contribution is 5.93. The summed E-state index contributed by atoms with van der Waals surface area (Å²) in [4.78, 5) is 19.7. The van der Waals surface area contributed by atoms with E-state index in [1.54, 1.807) is 0 Å². The van der Waals surface area contributed by atoms with Crippen LogP contribution in [0.4, 0.5) is 10.2 Å². The van der Waals surface area contributed by atoms with Crippen molar-refractivity contribution in [2.45, 2.75) is 31.7 Å². The number of aromatic nitrogens is 1. The molecule has 0 bridgehead atoms. The van der Waals surface area contributed by atoms with E-state index < -0.39 is 11.8 Å². The molecule has 1 aliphatic carbocycles. The monoisotopic (exact) mass is 293 g/mol. The maximum absolute atomic E-state index is 13.2. The SMILES string of the molecule is O=C(O)c1cc(F)cnc1N1CCN(C2CCCC2)CC1. The van der Waals surface area contributed by atoms with Crippen molar-refractivity contribution in [3.05, 3.63) is 23.6 Å². The number of hydrogen-bond acceptors (Lipinski definition) is 4. The first-order chi connectivity index (χ1) is 10.1. The third-order valence-electron chi connectivity index (χ3n) is 4.52. The van der Waals surface area contributed by atoms with Crippen molar-refractivity contribution in [1.29, 1.82) is 0 Å². The zero-order valence-corrected chi connectivity index (χ0v) is 12.0. The Kier molecular flexibility index (Phi) is 4.05. The minimum atomic E-state index is -1.13. The second-order valence-corrected chi connectivity index (χ2v) is 5.79. The quantitative estimate of drug-likeness (QED) is 0.923. The molecule has 2 heterocycles. The molecular formula is C15H20FN3O2. The molecule has 2 fully saturated rings. The highest BCUT2D eigenvalue weighted by Gasteiger charge is 2.28. The number of carboxylic acid groups (broad SMARTS) is 1. The molecule has 114 valence electrons. The van der Waals surface area contributed by atoms with E-state index in [1.165, 1.54) is 25.7 Å². The molecule has 0 aromatic carbocycles. The molecule has 0 spiro atoms. The third kappa shape index (κ3) is 3.00. The standard InChI is InChI=1S/C15H20FN3O2/c16-11-9-13(15(20)21)14(17-10-11)19-7-5-18(6-8-19)12-3-1-2-4-12/h9-10,12H,1-8H2,(H,20,21). The van der Waals surface area contributed by atoms with E-state index >= 15 is 0 Å². The van der Waals surface area contributed by atoms with Gasteiger partial charge in [0.15, 0.2) is 0 Å². The van der Waals surface area contributed by atoms with E-state index in [4.69, 9.17) is 0 Å². The van der Waals surface area contributed by atoms with Gasteiger partial charge >= 0.3 is 5.97 Å². The number of aromatic carboxylic acids is 1. The lowest BCUT2D eigenvalue weighted by Crippen LogP contribution is -2.50. The van der Waals surface area contributed by atoms with Crippen LogP contribution in [0.5, 0.6) is 0 Å². The van der Waals surface area contributed by atoms with Crippen LogP contribution in [0.1, 0.15) is 36.0 Å². The Morgan fingerprint density at radius 1 is 1.24 bits per heavy atom. The Bertz CT molecular complexity index is 524. The van der Waals surface area contributed by atoms with Crippen molar-refractivity contribution < 1.29 is 14.3 Å². The maximum Gasteiger partial charge on any atom is 0.339 e. The summed E-state index contributed by atoms with van der Waals surface area (Å²) in [6.07, 6.45) is 6.26. The molecule has 0 atom stereocenters. The second-order valence-electron chi connectivity index (χ2n) is 5.79. The number of anilines is 1. The number of hydrogen-bond donors (Lipinski definition) is 1. The fourth-order valence-electron chi connectivity index (χ4n) is 3.41. The van der Waals surface area contributed by atoms with Gasteiger partial charge in [0.25, 0.3) is 0 Å². The van der Waals surface area contributed by atoms with Crippen LogP contribution in [0, 0.1) is 5.82 Å². The predicted octanol–water partition coefficient (Wildman–Crippen LogP) is 1.98. The molecule has 1 aliphatic heterocycles. The predicted molar refractivity (Wildman–Crippen MR) is 77.2 cm³/mol. The van der Waals surface area contributed by atoms with Crippen molar-refractivity contribution in [2.75, 3.05) is 31.1 Å². The molecular weight excluding hydrogens is 273 g/mol. The van der Waals surface area contributed by atoms with Crippen molar-refractivity contribution in [2.24, 2.45) is 0 Å². The number of carboxylic acids is 1. The summed E-state index contributed by atoms with van der Waals surface area (Å²) >= 11 is 0. The van der Waals surface area contributed by atoms with Crippen LogP contribution >= 0.6 is 0 Å². The normalized spacial score (nSPS) is 20.9. The number of pyridine rings is 1. The van der Waals surface area contributed by atoms with E-state index in [2.05, 4.69) is 9.88 Å². The van der Waals surface area contributed by atoms with E-state index in [1.807, 2.05) is 4.90 Å². The van der Waals surface area contributed by atoms with Crippen molar-refractivity contribution >= 4 is 11.8 Å². The summed E-state index contributed by atoms with van der Waals surface area (Å²) in [5.41, 5.74) is -0.0516. The maximum atomic E-state index is 13.2. The number of nitrogens with zero attached hydrogens (tertiary/aromatic N) is 3. The molecule has 1 saturated heterocycles. The van der Waals surface area contributed by atoms with Gasteiger partial charge in [-0.15, -0.1) is 0 Å². The van der Waals surface area contributed by atoms with Gasteiger partial charge in [-0.25, -0.2) is 14.2 Å². The summed E-state index contributed by atoms with van der Waals surface area (Å²) in [6.45, 7) is 3.33. The summed E-state index contributed by atoms with van der Waals surface area (Å²) in [5, 5.41) is 9.20. The fourth-order valence-corrected chi connectivity index (χ4v) is 3.41. The van der Waals surface area contributed by atoms with Gasteiger partial charge in [0.1, 0.15) is 17.2 Å². The van der Waals surface area contributed by atoms with Crippen molar-refractivity contribution in [3.63, 3.8) is 0 Å². The summed E-state index contributed by atoms with van der Waals surface area (Å²) < 4.78 is 13.2. The van der Waals surface area contributed by atoms with Crippen LogP contribution in [0.2, 0.25) is 0 Å². The third-order valence-corrected chi connectivity index (χ3v) is 4.52. The average Bonchev–Trinajstić information content (AvgIpc) is 3.01. The van der Waals surface area contributed by atoms with Crippen LogP contribution in [0.25, 0.3) is 0 Å². The van der Waals surface area contributed by atoms with Crippen molar-refractivity contribution in [1.82, 2.24) is 9.88 Å². The van der Waals surface area contributed by atoms with Crippen LogP contribution < -0.4 is 4.90 Å². The summed E-state index contributed by atoms with van der Waals surface area (Å²) in [7, 11) is 0. The van der Waals surface area contributed by atoms with Gasteiger partial charge in [0.2, 0.25) is 0 Å². The highest BCUT2D eigenvalue weighted by atomic mass is 19.1. The summed E-state index contributed by atoms with van der Waals surface area (Å²) in [5.74, 6) is -1.36. The molecule has 6 heteroatoms. The van der Waals surface area contributed by atoms with Crippen molar-refractivity contribution in [3.8, 4) is 0 Å². The number of carbonyl (C=O) groups is 1. The Morgan fingerprint density at radius 2 is 1.90 bits per heavy atom. The lowest BCUT2D eigenvalue weighted by Gasteiger charge is -2.38. The summed E-state index contributed by atoms with van der Waals surface area (Å²) in [6, 6.07) is 1.74. The molecule has 5 nitrogen and oxygen atoms in total. The van der Waals surface area contributed by atoms with Gasteiger partial charge in [-0.1, -0.05) is 12.8 Å². The lowest BCUT2D eigenvalue weighted by atomic mass is 10.1. The van der Waals surface area contributed by atoms with Crippen LogP contribution in [-0.4, -0.2) is 53.2 Å². The second kappa shape index (κ2) is 5.97. The zero-order valence-electron chi connectivity index (χ0n) is 12.0. The van der Waals surface area contributed by atoms with Gasteiger partial charge in [0.05, 0.1) is 6.20 Å². The molecule has 0 unspecified atom stereocenters. The molecule has 1 N–H and O–H groups in total. The topological polar surface area (TPSA) is 56.7 Å². The Balaban J connectivity index is 1.70. The van der Waals surface area contributed by atoms with Gasteiger partial charge in [-0.05, 0) is 18.9 Å². The number of halogens is 1. The Hall–Kier alpha value is -1.69. The highest BCUT2D eigenvalue weighted by Crippen LogP contribution is 2.26. The lowest BCUT2D eigenvalue weighted by molar-refractivity contribution is 0.0696. The van der Waals surface area contributed by atoms with Gasteiger partial charge < -0.3 is 10.0 Å². The number of rotatable bonds is 3. The smallest absolute Gasteiger partial charge is 0.339 e. The molecule has 1 saturated carbocycles. The van der Waals surface area contributed by atoms with Gasteiger partial charge in [-0.3, -0.25) is 4.90 Å². The van der Waals surface area contributed by atoms with Gasteiger partial charge in [-0.2, -0.15) is 0 Å². The number of piperazine rings is 1. The van der Waals surface area contributed by atoms with E-state index in [0.717, 1.165) is 38.4 Å². The molecule has 21 heavy (non-hydrogen) atoms. The minimum absolute atomic E-state index is 0.0516. The minimum Gasteiger partial charge on any atom is -0.478 e. The molecule has 1 aromatic heterocycles. The van der Waals surface area contributed by atoms with E-state index in [9.17, 15) is 14.3 Å². The Morgan fingerprint density at radius 3 is 2.52 bits per heavy atom. The van der Waals surface area contributed by atoms with E-state index in [-0.39, 0.29) is 5.56 Å². The first-order valence-corrected chi connectivity index (χ1v) is 7.53. The molecule has 3 rings (SSSR count). The molecule has 1 aromatic rings. The largest absolute Gasteiger partial charge is 0.478 e. The fraction of sp³-hybridized carbons (Fsp3) is 0.600. The van der Waals surface area contributed by atoms with Crippen LogP contribution in [-0.2, 0) is 0 Å². The zero-order chi connectivity index (χ0) is 14.8. The Labute approximate surface area is 123 Å². The molecule has 0 amide bonds. The first kappa shape index (κ1) is 14.3.